The fourth-order valence-corrected chi connectivity index (χ4v) is 4.38. The van der Waals surface area contributed by atoms with Gasteiger partial charge in [0.1, 0.15) is 23.9 Å². The minimum absolute atomic E-state index is 0.361. The van der Waals surface area contributed by atoms with Gasteiger partial charge in [0.15, 0.2) is 5.65 Å². The normalized spacial score (nSPS) is 12.4. The Morgan fingerprint density at radius 3 is 2.48 bits per heavy atom. The number of nitrogens with zero attached hydrogens (tertiary/aromatic N) is 4. The summed E-state index contributed by atoms with van der Waals surface area (Å²) in [5.74, 6) is 0.935. The molecule has 1 unspecified atom stereocenters. The van der Waals surface area contributed by atoms with Crippen LogP contribution in [0.2, 0.25) is 0 Å². The highest BCUT2D eigenvalue weighted by atomic mass is 16.4. The first kappa shape index (κ1) is 20.9. The van der Waals surface area contributed by atoms with Crippen molar-refractivity contribution in [1.29, 1.82) is 0 Å². The molecular weight excluding hydrogens is 414 g/mol. The third-order valence-electron chi connectivity index (χ3n) is 6.08. The van der Waals surface area contributed by atoms with Gasteiger partial charge in [-0.05, 0) is 35.9 Å². The maximum Gasteiger partial charge on any atom is 0.343 e. The number of rotatable bonds is 6. The molecule has 0 saturated carbocycles. The van der Waals surface area contributed by atoms with Gasteiger partial charge in [-0.2, -0.15) is 5.10 Å². The number of aryl methyl sites for hydroxylation is 1. The summed E-state index contributed by atoms with van der Waals surface area (Å²) in [6, 6.07) is 15.9. The molecule has 2 N–H and O–H groups in total. The molecule has 3 heterocycles. The second kappa shape index (κ2) is 8.50. The van der Waals surface area contributed by atoms with Gasteiger partial charge >= 0.3 is 5.63 Å². The number of benzene rings is 2. The van der Waals surface area contributed by atoms with Gasteiger partial charge in [0, 0.05) is 12.0 Å². The van der Waals surface area contributed by atoms with Crippen molar-refractivity contribution in [2.75, 3.05) is 5.73 Å². The largest absolute Gasteiger partial charge is 0.425 e. The second-order valence-electron chi connectivity index (χ2n) is 8.28. The molecule has 2 aromatic carbocycles. The highest BCUT2D eigenvalue weighted by molar-refractivity contribution is 5.86. The lowest BCUT2D eigenvalue weighted by Gasteiger charge is -2.18. The van der Waals surface area contributed by atoms with Gasteiger partial charge in [0.05, 0.1) is 17.0 Å². The fraction of sp³-hybridized carbons (Fsp3) is 0.231. The summed E-state index contributed by atoms with van der Waals surface area (Å²) in [6.45, 7) is 4.13. The van der Waals surface area contributed by atoms with Gasteiger partial charge in [-0.1, -0.05) is 55.8 Å². The van der Waals surface area contributed by atoms with E-state index in [1.807, 2.05) is 25.1 Å². The Morgan fingerprint density at radius 1 is 1.00 bits per heavy atom. The third-order valence-corrected chi connectivity index (χ3v) is 6.08. The number of fused-ring (bicyclic) bond motifs is 2. The van der Waals surface area contributed by atoms with Crippen molar-refractivity contribution in [2.24, 2.45) is 0 Å². The van der Waals surface area contributed by atoms with Crippen LogP contribution in [0.25, 0.3) is 21.8 Å². The van der Waals surface area contributed by atoms with Crippen molar-refractivity contribution in [3.8, 4) is 0 Å². The van der Waals surface area contributed by atoms with E-state index in [2.05, 4.69) is 46.3 Å². The number of nitrogens with two attached hydrogens (primary N) is 1. The predicted molar refractivity (Wildman–Crippen MR) is 129 cm³/mol. The Labute approximate surface area is 190 Å². The molecule has 1 atom stereocenters. The summed E-state index contributed by atoms with van der Waals surface area (Å²) in [5, 5.41) is 6.62. The Bertz CT molecular complexity index is 1500. The summed E-state index contributed by atoms with van der Waals surface area (Å²) >= 11 is 0. The molecule has 166 valence electrons. The van der Waals surface area contributed by atoms with Crippen LogP contribution in [0.15, 0.2) is 70.3 Å². The van der Waals surface area contributed by atoms with Crippen LogP contribution in [0.3, 0.4) is 0 Å². The molecule has 0 radical (unpaired) electrons. The zero-order valence-corrected chi connectivity index (χ0v) is 18.7. The van der Waals surface area contributed by atoms with Crippen molar-refractivity contribution < 1.29 is 4.42 Å². The quantitative estimate of drug-likeness (QED) is 0.413. The summed E-state index contributed by atoms with van der Waals surface area (Å²) in [4.78, 5) is 21.3. The molecule has 5 aromatic rings. The summed E-state index contributed by atoms with van der Waals surface area (Å²) < 4.78 is 7.66. The van der Waals surface area contributed by atoms with Gasteiger partial charge < -0.3 is 10.2 Å². The molecule has 0 fully saturated rings. The van der Waals surface area contributed by atoms with Crippen molar-refractivity contribution >= 4 is 27.6 Å². The van der Waals surface area contributed by atoms with Crippen molar-refractivity contribution in [2.45, 2.75) is 39.2 Å². The van der Waals surface area contributed by atoms with Crippen molar-refractivity contribution in [3.63, 3.8) is 0 Å². The molecular formula is C26H25N5O2. The van der Waals surface area contributed by atoms with E-state index in [0.29, 0.717) is 34.4 Å². The molecule has 0 saturated heterocycles. The molecule has 0 bridgehead atoms. The Kier molecular flexibility index (Phi) is 5.38. The molecule has 5 rings (SSSR count). The van der Waals surface area contributed by atoms with E-state index in [9.17, 15) is 4.79 Å². The van der Waals surface area contributed by atoms with Crippen LogP contribution in [-0.4, -0.2) is 19.7 Å². The van der Waals surface area contributed by atoms with Gasteiger partial charge in [0.2, 0.25) is 0 Å². The average Bonchev–Trinajstić information content (AvgIpc) is 3.27. The molecule has 0 aliphatic carbocycles. The molecule has 7 heteroatoms. The lowest BCUT2D eigenvalue weighted by molar-refractivity contribution is 0.397. The summed E-state index contributed by atoms with van der Waals surface area (Å²) in [5.41, 5.74) is 9.67. The number of nitrogen functional groups attached to an aromatic ring is 1. The van der Waals surface area contributed by atoms with Crippen molar-refractivity contribution in [1.82, 2.24) is 19.7 Å². The van der Waals surface area contributed by atoms with E-state index in [-0.39, 0.29) is 11.7 Å². The number of aromatic nitrogens is 4. The molecule has 0 aliphatic heterocycles. The highest BCUT2D eigenvalue weighted by Crippen LogP contribution is 2.30. The van der Waals surface area contributed by atoms with Crippen LogP contribution in [0.5, 0.6) is 0 Å². The third kappa shape index (κ3) is 3.75. The zero-order valence-electron chi connectivity index (χ0n) is 18.7. The minimum Gasteiger partial charge on any atom is -0.425 e. The van der Waals surface area contributed by atoms with Crippen LogP contribution < -0.4 is 11.4 Å². The predicted octanol–water partition coefficient (Wildman–Crippen LogP) is 4.67. The number of anilines is 1. The molecule has 0 aliphatic rings. The number of hydrogen-bond donors (Lipinski definition) is 1. The molecule has 3 aromatic heterocycles. The van der Waals surface area contributed by atoms with Gasteiger partial charge in [-0.3, -0.25) is 0 Å². The van der Waals surface area contributed by atoms with E-state index in [4.69, 9.17) is 10.2 Å². The molecule has 0 spiro atoms. The first-order chi connectivity index (χ1) is 16.1. The topological polar surface area (TPSA) is 99.8 Å². The Hall–Kier alpha value is -4.00. The number of hydrogen-bond acceptors (Lipinski definition) is 6. The first-order valence-corrected chi connectivity index (χ1v) is 11.1. The van der Waals surface area contributed by atoms with Crippen LogP contribution in [-0.2, 0) is 12.8 Å². The second-order valence-corrected chi connectivity index (χ2v) is 8.28. The molecule has 7 nitrogen and oxygen atoms in total. The van der Waals surface area contributed by atoms with Gasteiger partial charge in [0.25, 0.3) is 0 Å². The van der Waals surface area contributed by atoms with E-state index < -0.39 is 0 Å². The maximum absolute atomic E-state index is 12.9. The zero-order chi connectivity index (χ0) is 22.9. The molecule has 33 heavy (non-hydrogen) atoms. The fourth-order valence-electron chi connectivity index (χ4n) is 4.38. The summed E-state index contributed by atoms with van der Waals surface area (Å²) in [7, 11) is 0. The van der Waals surface area contributed by atoms with Crippen LogP contribution in [0, 0.1) is 0 Å². The standard InChI is InChI=1S/C26H25N5O2/c1-3-6-17-9-11-18(12-10-17)13-21-19-7-4-5-8-20(19)26(32)33-23(21)16(2)31-25-22(14-30-31)24(27)28-15-29-25/h4-5,7-12,14-16H,3,6,13H2,1-2H3,(H2,27,28,29). The van der Waals surface area contributed by atoms with Crippen molar-refractivity contribution in [3.05, 3.63) is 93.9 Å². The minimum atomic E-state index is -0.372. The smallest absolute Gasteiger partial charge is 0.343 e. The van der Waals surface area contributed by atoms with Crippen LogP contribution in [0.4, 0.5) is 5.82 Å². The Balaban J connectivity index is 1.66. The SMILES string of the molecule is CCCc1ccc(Cc2c(C(C)n3ncc4c(N)ncnc43)oc(=O)c3ccccc23)cc1. The van der Waals surface area contributed by atoms with E-state index in [1.165, 1.54) is 11.9 Å². The van der Waals surface area contributed by atoms with E-state index in [1.54, 1.807) is 16.9 Å². The first-order valence-electron chi connectivity index (χ1n) is 11.1. The highest BCUT2D eigenvalue weighted by Gasteiger charge is 2.23. The van der Waals surface area contributed by atoms with E-state index >= 15 is 0 Å². The average molecular weight is 440 g/mol. The van der Waals surface area contributed by atoms with E-state index in [0.717, 1.165) is 29.4 Å². The summed E-state index contributed by atoms with van der Waals surface area (Å²) in [6.07, 6.45) is 5.86. The lowest BCUT2D eigenvalue weighted by Crippen LogP contribution is -2.16. The maximum atomic E-state index is 12.9. The van der Waals surface area contributed by atoms with Gasteiger partial charge in [-0.15, -0.1) is 0 Å². The Morgan fingerprint density at radius 2 is 1.73 bits per heavy atom. The van der Waals surface area contributed by atoms with Crippen LogP contribution in [0.1, 0.15) is 48.8 Å². The molecule has 0 amide bonds. The van der Waals surface area contributed by atoms with Crippen LogP contribution >= 0.6 is 0 Å². The van der Waals surface area contributed by atoms with Gasteiger partial charge in [-0.25, -0.2) is 19.4 Å². The lowest BCUT2D eigenvalue weighted by atomic mass is 9.95. The monoisotopic (exact) mass is 439 g/mol.